The molecule has 0 bridgehead atoms. The Hall–Kier alpha value is -6.71. The molecule has 3 aromatic carbocycles. The van der Waals surface area contributed by atoms with E-state index in [2.05, 4.69) is 95.6 Å². The average Bonchev–Trinajstić information content (AvgIpc) is 3.19. The smallest absolute Gasteiger partial charge is 0.167 e. The molecule has 0 radical (unpaired) electrons. The highest BCUT2D eigenvalue weighted by atomic mass is 15.0. The highest BCUT2D eigenvalue weighted by Crippen LogP contribution is 2.27. The van der Waals surface area contributed by atoms with Gasteiger partial charge in [-0.2, -0.15) is 0 Å². The van der Waals surface area contributed by atoms with Crippen LogP contribution in [0.4, 0.5) is 0 Å². The summed E-state index contributed by atoms with van der Waals surface area (Å²) in [6, 6.07) is 36.7. The Morgan fingerprint density at radius 2 is 0.918 bits per heavy atom. The molecule has 6 rings (SSSR count). The molecule has 0 aliphatic heterocycles. The van der Waals surface area contributed by atoms with E-state index >= 15 is 0 Å². The van der Waals surface area contributed by atoms with E-state index in [9.17, 15) is 0 Å². The maximum atomic E-state index is 6.60. The molecule has 0 amide bonds. The van der Waals surface area contributed by atoms with Crippen LogP contribution in [0.3, 0.4) is 0 Å². The number of amidine groups is 1. The van der Waals surface area contributed by atoms with Gasteiger partial charge in [-0.3, -0.25) is 19.9 Å². The molecule has 6 nitrogen and oxygen atoms in total. The molecule has 3 heterocycles. The fourth-order valence-electron chi connectivity index (χ4n) is 4.86. The molecule has 0 saturated heterocycles. The number of hydrogen-bond acceptors (Lipinski definition) is 5. The molecule has 49 heavy (non-hydrogen) atoms. The van der Waals surface area contributed by atoms with Gasteiger partial charge in [0.05, 0.1) is 0 Å². The lowest BCUT2D eigenvalue weighted by molar-refractivity contribution is 0.777. The lowest BCUT2D eigenvalue weighted by Crippen LogP contribution is -2.15. The van der Waals surface area contributed by atoms with Gasteiger partial charge in [-0.15, -0.1) is 19.6 Å². The molecule has 6 aromatic rings. The minimum atomic E-state index is -0.522. The van der Waals surface area contributed by atoms with Crippen LogP contribution in [0.25, 0.3) is 33.4 Å². The number of nitrogens with two attached hydrogens (primary N) is 1. The fraction of sp³-hybridized carbons (Fsp3) is 0.0465. The third kappa shape index (κ3) is 9.89. The summed E-state index contributed by atoms with van der Waals surface area (Å²) in [6.45, 7) is 11.3. The second-order valence-corrected chi connectivity index (χ2v) is 10.5. The Balaban J connectivity index is 0.000000841. The first-order valence-electron chi connectivity index (χ1n) is 15.5. The van der Waals surface area contributed by atoms with Gasteiger partial charge in [0.2, 0.25) is 0 Å². The van der Waals surface area contributed by atoms with E-state index in [1.807, 2.05) is 67.6 Å². The first kappa shape index (κ1) is 35.1. The number of aliphatic imine (C=N–C) groups is 2. The number of benzene rings is 3. The quantitative estimate of drug-likeness (QED) is 0.0779. The monoisotopic (exact) mass is 638 g/mol. The summed E-state index contributed by atoms with van der Waals surface area (Å²) in [7, 11) is 0. The summed E-state index contributed by atoms with van der Waals surface area (Å²) in [5.41, 5.74) is 16.9. The van der Waals surface area contributed by atoms with Crippen molar-refractivity contribution in [2.24, 2.45) is 15.7 Å². The SMILES string of the molecule is C#CC=C.C/C(=N\C(/N=C(\N)c1ccc(-c2ccncc2)cc1)c1ccc(-c2ccncc2)cc1)c1ccc(-c2ccncc2)cc1.C=C. The van der Waals surface area contributed by atoms with Crippen molar-refractivity contribution in [3.8, 4) is 45.7 Å². The zero-order valence-electron chi connectivity index (χ0n) is 27.5. The molecule has 240 valence electrons. The summed E-state index contributed by atoms with van der Waals surface area (Å²) in [6.07, 6.45) is 16.3. The number of terminal acetylenes is 1. The molecular formula is C43H38N6. The number of allylic oxidation sites excluding steroid dienone is 1. The van der Waals surface area contributed by atoms with Crippen LogP contribution >= 0.6 is 0 Å². The lowest BCUT2D eigenvalue weighted by atomic mass is 10.0. The first-order valence-corrected chi connectivity index (χ1v) is 15.5. The van der Waals surface area contributed by atoms with Crippen LogP contribution in [-0.4, -0.2) is 26.5 Å². The van der Waals surface area contributed by atoms with Gasteiger partial charge < -0.3 is 5.73 Å². The average molecular weight is 639 g/mol. The number of nitrogens with zero attached hydrogens (tertiary/aromatic N) is 5. The molecule has 0 saturated carbocycles. The molecule has 0 aliphatic rings. The topological polar surface area (TPSA) is 89.4 Å². The number of rotatable bonds is 8. The molecule has 0 spiro atoms. The molecule has 3 aromatic heterocycles. The number of aromatic nitrogens is 3. The van der Waals surface area contributed by atoms with E-state index in [0.717, 1.165) is 55.8 Å². The zero-order chi connectivity index (χ0) is 34.8. The molecule has 1 atom stereocenters. The van der Waals surface area contributed by atoms with E-state index < -0.39 is 6.17 Å². The van der Waals surface area contributed by atoms with Crippen molar-refractivity contribution in [1.29, 1.82) is 0 Å². The van der Waals surface area contributed by atoms with Crippen molar-refractivity contribution in [2.75, 3.05) is 0 Å². The van der Waals surface area contributed by atoms with Crippen molar-refractivity contribution < 1.29 is 0 Å². The van der Waals surface area contributed by atoms with Gasteiger partial charge in [-0.1, -0.05) is 85.3 Å². The minimum absolute atomic E-state index is 0.425. The van der Waals surface area contributed by atoms with Crippen LogP contribution in [-0.2, 0) is 0 Å². The lowest BCUT2D eigenvalue weighted by Gasteiger charge is -2.14. The Labute approximate surface area is 289 Å². The Morgan fingerprint density at radius 1 is 0.592 bits per heavy atom. The van der Waals surface area contributed by atoms with Crippen LogP contribution in [0.2, 0.25) is 0 Å². The number of hydrogen-bond donors (Lipinski definition) is 1. The van der Waals surface area contributed by atoms with Gasteiger partial charge in [0, 0.05) is 48.5 Å². The summed E-state index contributed by atoms with van der Waals surface area (Å²) in [5.74, 6) is 2.62. The summed E-state index contributed by atoms with van der Waals surface area (Å²) in [4.78, 5) is 22.4. The second kappa shape index (κ2) is 18.4. The van der Waals surface area contributed by atoms with Crippen molar-refractivity contribution in [1.82, 2.24) is 15.0 Å². The largest absolute Gasteiger partial charge is 0.383 e. The van der Waals surface area contributed by atoms with E-state index in [1.54, 1.807) is 37.2 Å². The predicted octanol–water partition coefficient (Wildman–Crippen LogP) is 9.39. The van der Waals surface area contributed by atoms with Gasteiger partial charge in [-0.25, -0.2) is 4.99 Å². The molecule has 6 heteroatoms. The van der Waals surface area contributed by atoms with Crippen LogP contribution in [0.15, 0.2) is 182 Å². The van der Waals surface area contributed by atoms with Crippen molar-refractivity contribution >= 4 is 11.5 Å². The van der Waals surface area contributed by atoms with Gasteiger partial charge in [0.25, 0.3) is 0 Å². The standard InChI is InChI=1S/C37H30N6.C4H4.C2H4/c1-26(27-2-4-28(5-3-27)31-14-20-39-21-15-31)42-37(35-12-8-30(9-13-35)33-18-24-41-25-19-33)43-36(38)34-10-6-29(7-11-34)32-16-22-40-23-17-32;1-3-4-2;1-2/h2-25,37H,1H3,(H2,38,43);1,4H,2H2;1-2H2/b42-26+;;. The molecular weight excluding hydrogens is 601 g/mol. The van der Waals surface area contributed by atoms with Gasteiger partial charge in [-0.05, 0) is 93.9 Å². The molecule has 0 aliphatic carbocycles. The van der Waals surface area contributed by atoms with Gasteiger partial charge in [0.15, 0.2) is 6.17 Å². The second-order valence-electron chi connectivity index (χ2n) is 10.5. The Kier molecular flexibility index (Phi) is 13.2. The maximum absolute atomic E-state index is 6.60. The van der Waals surface area contributed by atoms with Gasteiger partial charge >= 0.3 is 0 Å². The van der Waals surface area contributed by atoms with Crippen LogP contribution in [0.5, 0.6) is 0 Å². The van der Waals surface area contributed by atoms with Gasteiger partial charge in [0.1, 0.15) is 5.84 Å². The fourth-order valence-corrected chi connectivity index (χ4v) is 4.86. The highest BCUT2D eigenvalue weighted by molar-refractivity contribution is 6.00. The minimum Gasteiger partial charge on any atom is -0.383 e. The third-order valence-corrected chi connectivity index (χ3v) is 7.43. The summed E-state index contributed by atoms with van der Waals surface area (Å²) >= 11 is 0. The molecule has 1 unspecified atom stereocenters. The first-order chi connectivity index (χ1) is 24.1. The van der Waals surface area contributed by atoms with Crippen LogP contribution in [0, 0.1) is 12.3 Å². The molecule has 2 N–H and O–H groups in total. The maximum Gasteiger partial charge on any atom is 0.167 e. The zero-order valence-corrected chi connectivity index (χ0v) is 27.5. The highest BCUT2D eigenvalue weighted by Gasteiger charge is 2.13. The van der Waals surface area contributed by atoms with E-state index in [4.69, 9.17) is 15.7 Å². The van der Waals surface area contributed by atoms with Crippen LogP contribution in [0.1, 0.15) is 29.8 Å². The summed E-state index contributed by atoms with van der Waals surface area (Å²) in [5, 5.41) is 0. The summed E-state index contributed by atoms with van der Waals surface area (Å²) < 4.78 is 0. The van der Waals surface area contributed by atoms with Crippen molar-refractivity contribution in [2.45, 2.75) is 13.1 Å². The predicted molar refractivity (Wildman–Crippen MR) is 205 cm³/mol. The Morgan fingerprint density at radius 3 is 1.29 bits per heavy atom. The normalized spacial score (nSPS) is 11.4. The van der Waals surface area contributed by atoms with E-state index in [0.29, 0.717) is 5.84 Å². The molecule has 0 fully saturated rings. The van der Waals surface area contributed by atoms with E-state index in [-0.39, 0.29) is 0 Å². The van der Waals surface area contributed by atoms with E-state index in [1.165, 1.54) is 6.08 Å². The Bertz CT molecular complexity index is 1900. The number of pyridine rings is 3. The third-order valence-electron chi connectivity index (χ3n) is 7.43. The van der Waals surface area contributed by atoms with Crippen molar-refractivity contribution in [3.05, 3.63) is 189 Å². The van der Waals surface area contributed by atoms with Crippen molar-refractivity contribution in [3.63, 3.8) is 0 Å². The van der Waals surface area contributed by atoms with Crippen LogP contribution < -0.4 is 5.73 Å².